The van der Waals surface area contributed by atoms with Gasteiger partial charge in [0, 0.05) is 19.3 Å². The number of hydrogen-bond acceptors (Lipinski definition) is 6. The molecule has 0 amide bonds. The summed E-state index contributed by atoms with van der Waals surface area (Å²) in [5, 5.41) is 0. The van der Waals surface area contributed by atoms with Crippen LogP contribution < -0.4 is 0 Å². The lowest BCUT2D eigenvalue weighted by molar-refractivity contribution is -0.167. The first-order valence-electron chi connectivity index (χ1n) is 36.3. The predicted molar refractivity (Wildman–Crippen MR) is 349 cm³/mol. The zero-order valence-electron chi connectivity index (χ0n) is 54.4. The van der Waals surface area contributed by atoms with Gasteiger partial charge in [0.1, 0.15) is 13.2 Å². The first-order valence-corrected chi connectivity index (χ1v) is 36.3. The molecule has 0 aromatic carbocycles. The van der Waals surface area contributed by atoms with E-state index in [4.69, 9.17) is 14.2 Å². The van der Waals surface area contributed by atoms with Crippen LogP contribution in [0.4, 0.5) is 0 Å². The van der Waals surface area contributed by atoms with Gasteiger partial charge in [0.2, 0.25) is 0 Å². The van der Waals surface area contributed by atoms with Crippen molar-refractivity contribution in [1.82, 2.24) is 0 Å². The highest BCUT2D eigenvalue weighted by atomic mass is 16.6. The second-order valence-corrected chi connectivity index (χ2v) is 24.9. The van der Waals surface area contributed by atoms with E-state index in [1.807, 2.05) is 0 Å². The minimum atomic E-state index is -0.772. The third-order valence-electron chi connectivity index (χ3n) is 16.7. The summed E-state index contributed by atoms with van der Waals surface area (Å²) < 4.78 is 16.9. The van der Waals surface area contributed by atoms with Gasteiger partial charge in [-0.3, -0.25) is 14.4 Å². The third-order valence-corrected chi connectivity index (χ3v) is 16.7. The van der Waals surface area contributed by atoms with E-state index in [-0.39, 0.29) is 31.1 Å². The summed E-state index contributed by atoms with van der Waals surface area (Å²) in [6.07, 6.45) is 85.3. The highest BCUT2D eigenvalue weighted by Crippen LogP contribution is 2.19. The van der Waals surface area contributed by atoms with Crippen LogP contribution in [-0.2, 0) is 28.6 Å². The summed E-state index contributed by atoms with van der Waals surface area (Å²) >= 11 is 0. The maximum atomic E-state index is 12.9. The number of rotatable bonds is 68. The van der Waals surface area contributed by atoms with Crippen molar-refractivity contribution in [2.75, 3.05) is 13.2 Å². The summed E-state index contributed by atoms with van der Waals surface area (Å²) in [6, 6.07) is 0. The van der Waals surface area contributed by atoms with Crippen LogP contribution >= 0.6 is 0 Å². The van der Waals surface area contributed by atoms with Crippen molar-refractivity contribution in [2.24, 2.45) is 0 Å². The Kier molecular flexibility index (Phi) is 67.6. The lowest BCUT2D eigenvalue weighted by atomic mass is 10.0. The van der Waals surface area contributed by atoms with Crippen molar-refractivity contribution in [3.8, 4) is 0 Å². The van der Waals surface area contributed by atoms with Crippen molar-refractivity contribution >= 4 is 17.9 Å². The van der Waals surface area contributed by atoms with Crippen LogP contribution in [0.25, 0.3) is 0 Å². The highest BCUT2D eigenvalue weighted by Gasteiger charge is 2.19. The molecule has 0 aromatic heterocycles. The molecule has 1 unspecified atom stereocenters. The predicted octanol–water partition coefficient (Wildman–Crippen LogP) is 25.0. The van der Waals surface area contributed by atoms with Crippen LogP contribution in [0.3, 0.4) is 0 Å². The van der Waals surface area contributed by atoms with Gasteiger partial charge in [0.05, 0.1) is 0 Å². The SMILES string of the molecule is CCCCCC/C=C\C/C=C\CCCCCCCCCC(=O)OC(COC(=O)CCCCCCCCCCCC)COC(=O)CCCCCCCCCCCCCCCCCCCCCCCCCCCCCCCCCCCC. The Morgan fingerprint density at radius 3 is 0.700 bits per heavy atom. The summed E-state index contributed by atoms with van der Waals surface area (Å²) in [7, 11) is 0. The van der Waals surface area contributed by atoms with Crippen molar-refractivity contribution in [1.29, 1.82) is 0 Å². The van der Waals surface area contributed by atoms with Crippen LogP contribution in [0.1, 0.15) is 412 Å². The van der Waals surface area contributed by atoms with Crippen molar-refractivity contribution in [3.05, 3.63) is 24.3 Å². The fourth-order valence-corrected chi connectivity index (χ4v) is 11.2. The van der Waals surface area contributed by atoms with Gasteiger partial charge in [-0.2, -0.15) is 0 Å². The molecule has 0 heterocycles. The fourth-order valence-electron chi connectivity index (χ4n) is 11.2. The first-order chi connectivity index (χ1) is 39.5. The number of hydrogen-bond donors (Lipinski definition) is 0. The molecule has 80 heavy (non-hydrogen) atoms. The highest BCUT2D eigenvalue weighted by molar-refractivity contribution is 5.71. The number of esters is 3. The average Bonchev–Trinajstić information content (AvgIpc) is 3.46. The summed E-state index contributed by atoms with van der Waals surface area (Å²) in [4.78, 5) is 38.3. The van der Waals surface area contributed by atoms with Gasteiger partial charge in [-0.15, -0.1) is 0 Å². The Bertz CT molecular complexity index is 1290. The molecule has 0 saturated heterocycles. The zero-order valence-corrected chi connectivity index (χ0v) is 54.4. The van der Waals surface area contributed by atoms with Crippen molar-refractivity contribution in [2.45, 2.75) is 419 Å². The minimum Gasteiger partial charge on any atom is -0.462 e. The lowest BCUT2D eigenvalue weighted by Crippen LogP contribution is -2.30. The lowest BCUT2D eigenvalue weighted by Gasteiger charge is -2.18. The second-order valence-electron chi connectivity index (χ2n) is 24.9. The van der Waals surface area contributed by atoms with Crippen LogP contribution in [0.15, 0.2) is 24.3 Å². The van der Waals surface area contributed by atoms with E-state index in [0.29, 0.717) is 19.3 Å². The summed E-state index contributed by atoms with van der Waals surface area (Å²) in [5.41, 5.74) is 0. The van der Waals surface area contributed by atoms with Crippen LogP contribution in [0.5, 0.6) is 0 Å². The largest absolute Gasteiger partial charge is 0.462 e. The Hall–Kier alpha value is -2.11. The maximum Gasteiger partial charge on any atom is 0.306 e. The fraction of sp³-hybridized carbons (Fsp3) is 0.905. The van der Waals surface area contributed by atoms with Crippen molar-refractivity contribution < 1.29 is 28.6 Å². The molecular formula is C74H140O6. The van der Waals surface area contributed by atoms with E-state index in [1.54, 1.807) is 0 Å². The van der Waals surface area contributed by atoms with Crippen LogP contribution in [0.2, 0.25) is 0 Å². The van der Waals surface area contributed by atoms with Crippen molar-refractivity contribution in [3.63, 3.8) is 0 Å². The van der Waals surface area contributed by atoms with E-state index in [0.717, 1.165) is 70.6 Å². The molecule has 0 radical (unpaired) electrons. The molecule has 6 heteroatoms. The molecule has 0 aliphatic carbocycles. The van der Waals surface area contributed by atoms with Gasteiger partial charge in [0.25, 0.3) is 0 Å². The Morgan fingerprint density at radius 2 is 0.450 bits per heavy atom. The maximum absolute atomic E-state index is 12.9. The molecular weight excluding hydrogens is 985 g/mol. The van der Waals surface area contributed by atoms with Gasteiger partial charge in [-0.1, -0.05) is 366 Å². The smallest absolute Gasteiger partial charge is 0.306 e. The van der Waals surface area contributed by atoms with Crippen LogP contribution in [0, 0.1) is 0 Å². The Labute approximate surface area is 500 Å². The number of carbonyl (C=O) groups is 3. The van der Waals surface area contributed by atoms with Gasteiger partial charge in [-0.25, -0.2) is 0 Å². The number of allylic oxidation sites excluding steroid dienone is 4. The van der Waals surface area contributed by atoms with Gasteiger partial charge in [-0.05, 0) is 51.4 Å². The van der Waals surface area contributed by atoms with E-state index in [2.05, 4.69) is 45.1 Å². The zero-order chi connectivity index (χ0) is 57.8. The van der Waals surface area contributed by atoms with E-state index >= 15 is 0 Å². The molecule has 0 aromatic rings. The molecule has 0 bridgehead atoms. The van der Waals surface area contributed by atoms with Gasteiger partial charge >= 0.3 is 17.9 Å². The Morgan fingerprint density at radius 1 is 0.250 bits per heavy atom. The number of carbonyl (C=O) groups excluding carboxylic acids is 3. The number of ether oxygens (including phenoxy) is 3. The monoisotopic (exact) mass is 1130 g/mol. The topological polar surface area (TPSA) is 78.9 Å². The third kappa shape index (κ3) is 66.7. The molecule has 0 saturated carbocycles. The first kappa shape index (κ1) is 77.9. The molecule has 0 aliphatic rings. The van der Waals surface area contributed by atoms with Gasteiger partial charge < -0.3 is 14.2 Å². The quantitative estimate of drug-likeness (QED) is 0.0261. The number of unbranched alkanes of at least 4 members (excludes halogenated alkanes) is 53. The molecule has 0 rings (SSSR count). The standard InChI is InChI=1S/C74H140O6/c1-4-7-10-13-16-19-22-24-26-28-30-31-32-33-34-35-36-37-38-39-40-41-42-43-44-45-47-48-50-52-55-58-61-64-67-73(76)79-70-71(69-78-72(75)66-63-60-57-54-21-18-15-12-9-6-3)80-74(77)68-65-62-59-56-53-51-49-46-29-27-25-23-20-17-14-11-8-5-2/h20,23,27,29,71H,4-19,21-22,24-26,28,30-70H2,1-3H3/b23-20-,29-27-. The molecule has 0 fully saturated rings. The summed E-state index contributed by atoms with van der Waals surface area (Å²) in [5.74, 6) is -0.850. The molecule has 0 spiro atoms. The summed E-state index contributed by atoms with van der Waals surface area (Å²) in [6.45, 7) is 6.68. The van der Waals surface area contributed by atoms with E-state index in [1.165, 1.54) is 302 Å². The van der Waals surface area contributed by atoms with E-state index in [9.17, 15) is 14.4 Å². The van der Waals surface area contributed by atoms with Gasteiger partial charge in [0.15, 0.2) is 6.10 Å². The normalized spacial score (nSPS) is 12.1. The molecule has 1 atom stereocenters. The Balaban J connectivity index is 4.01. The molecule has 6 nitrogen and oxygen atoms in total. The van der Waals surface area contributed by atoms with Crippen LogP contribution in [-0.4, -0.2) is 37.2 Å². The average molecular weight is 1130 g/mol. The van der Waals surface area contributed by atoms with E-state index < -0.39 is 6.10 Å². The molecule has 0 N–H and O–H groups in total. The second kappa shape index (κ2) is 69.4. The molecule has 472 valence electrons. The molecule has 0 aliphatic heterocycles. The minimum absolute atomic E-state index is 0.0687.